The van der Waals surface area contributed by atoms with E-state index in [2.05, 4.69) is 4.98 Å². The van der Waals surface area contributed by atoms with Gasteiger partial charge in [0, 0.05) is 11.8 Å². The Morgan fingerprint density at radius 1 is 1.21 bits per heavy atom. The molecule has 1 amide bonds. The molecule has 6 nitrogen and oxygen atoms in total. The predicted octanol–water partition coefficient (Wildman–Crippen LogP) is 5.09. The number of alkyl halides is 3. The number of nitriles is 1. The minimum Gasteiger partial charge on any atom is -0.495 e. The average molecular weight is 393 g/mol. The number of methoxy groups -OCH3 is 1. The van der Waals surface area contributed by atoms with Crippen molar-refractivity contribution in [1.29, 1.82) is 5.26 Å². The SMILES string of the molecule is COc1c(C(C)(C)C)cnc(N(C(=O)O)c2ccc(C(F)(F)F)cc2)c1C#N. The first-order valence-electron chi connectivity index (χ1n) is 8.09. The van der Waals surface area contributed by atoms with E-state index in [0.717, 1.165) is 24.3 Å². The summed E-state index contributed by atoms with van der Waals surface area (Å²) >= 11 is 0. The van der Waals surface area contributed by atoms with Crippen LogP contribution in [0.4, 0.5) is 29.5 Å². The lowest BCUT2D eigenvalue weighted by atomic mass is 9.86. The first kappa shape index (κ1) is 21.0. The van der Waals surface area contributed by atoms with Crippen LogP contribution >= 0.6 is 0 Å². The van der Waals surface area contributed by atoms with Gasteiger partial charge in [-0.2, -0.15) is 18.4 Å². The molecule has 0 saturated heterocycles. The predicted molar refractivity (Wildman–Crippen MR) is 95.8 cm³/mol. The Balaban J connectivity index is 2.68. The van der Waals surface area contributed by atoms with Crippen molar-refractivity contribution in [3.63, 3.8) is 0 Å². The fourth-order valence-corrected chi connectivity index (χ4v) is 2.62. The van der Waals surface area contributed by atoms with Crippen LogP contribution in [0.1, 0.15) is 37.5 Å². The van der Waals surface area contributed by atoms with Gasteiger partial charge in [0.2, 0.25) is 0 Å². The molecule has 0 unspecified atom stereocenters. The Labute approximate surface area is 159 Å². The molecule has 1 aromatic carbocycles. The van der Waals surface area contributed by atoms with Gasteiger partial charge in [-0.1, -0.05) is 20.8 Å². The second-order valence-corrected chi connectivity index (χ2v) is 6.93. The molecular formula is C19H18F3N3O3. The van der Waals surface area contributed by atoms with Crippen molar-refractivity contribution in [1.82, 2.24) is 4.98 Å². The number of anilines is 2. The van der Waals surface area contributed by atoms with Gasteiger partial charge >= 0.3 is 12.3 Å². The van der Waals surface area contributed by atoms with Crippen molar-refractivity contribution in [3.05, 3.63) is 47.2 Å². The fraction of sp³-hybridized carbons (Fsp3) is 0.316. The van der Waals surface area contributed by atoms with E-state index < -0.39 is 23.2 Å². The van der Waals surface area contributed by atoms with Gasteiger partial charge in [-0.15, -0.1) is 0 Å². The molecule has 0 atom stereocenters. The Bertz CT molecular complexity index is 927. The Hall–Kier alpha value is -3.28. The molecule has 0 saturated carbocycles. The second kappa shape index (κ2) is 7.38. The fourth-order valence-electron chi connectivity index (χ4n) is 2.62. The lowest BCUT2D eigenvalue weighted by molar-refractivity contribution is -0.137. The van der Waals surface area contributed by atoms with Crippen LogP contribution in [-0.2, 0) is 11.6 Å². The van der Waals surface area contributed by atoms with E-state index in [1.54, 1.807) is 0 Å². The van der Waals surface area contributed by atoms with Crippen molar-refractivity contribution in [2.75, 3.05) is 12.0 Å². The summed E-state index contributed by atoms with van der Waals surface area (Å²) in [5, 5.41) is 19.2. The summed E-state index contributed by atoms with van der Waals surface area (Å²) in [6.45, 7) is 5.62. The molecule has 0 aliphatic carbocycles. The number of pyridine rings is 1. The summed E-state index contributed by atoms with van der Waals surface area (Å²) < 4.78 is 43.7. The zero-order valence-electron chi connectivity index (χ0n) is 15.6. The highest BCUT2D eigenvalue weighted by molar-refractivity contribution is 5.95. The van der Waals surface area contributed by atoms with Crippen molar-refractivity contribution in [3.8, 4) is 11.8 Å². The van der Waals surface area contributed by atoms with E-state index in [1.165, 1.54) is 13.3 Å². The molecular weight excluding hydrogens is 375 g/mol. The summed E-state index contributed by atoms with van der Waals surface area (Å²) in [6.07, 6.45) is -4.66. The second-order valence-electron chi connectivity index (χ2n) is 6.93. The maximum atomic E-state index is 12.8. The molecule has 0 spiro atoms. The summed E-state index contributed by atoms with van der Waals surface area (Å²) in [5.74, 6) is -0.0854. The monoisotopic (exact) mass is 393 g/mol. The average Bonchev–Trinajstić information content (AvgIpc) is 2.59. The third-order valence-electron chi connectivity index (χ3n) is 3.99. The van der Waals surface area contributed by atoms with Gasteiger partial charge in [-0.3, -0.25) is 0 Å². The minimum atomic E-state index is -4.56. The Kier molecular flexibility index (Phi) is 5.54. The smallest absolute Gasteiger partial charge is 0.417 e. The summed E-state index contributed by atoms with van der Waals surface area (Å²) in [4.78, 5) is 16.6. The number of rotatable bonds is 3. The number of nitrogens with zero attached hydrogens (tertiary/aromatic N) is 3. The van der Waals surface area contributed by atoms with Gasteiger partial charge in [-0.25, -0.2) is 14.7 Å². The molecule has 1 heterocycles. The number of ether oxygens (including phenoxy) is 1. The maximum Gasteiger partial charge on any atom is 0.417 e. The topological polar surface area (TPSA) is 86.4 Å². The van der Waals surface area contributed by atoms with Gasteiger partial charge in [-0.05, 0) is 29.7 Å². The molecule has 1 aromatic heterocycles. The zero-order valence-corrected chi connectivity index (χ0v) is 15.6. The highest BCUT2D eigenvalue weighted by atomic mass is 19.4. The van der Waals surface area contributed by atoms with E-state index in [-0.39, 0.29) is 22.8 Å². The lowest BCUT2D eigenvalue weighted by Gasteiger charge is -2.26. The number of aromatic nitrogens is 1. The van der Waals surface area contributed by atoms with E-state index in [4.69, 9.17) is 4.74 Å². The van der Waals surface area contributed by atoms with Crippen molar-refractivity contribution < 1.29 is 27.8 Å². The summed E-state index contributed by atoms with van der Waals surface area (Å²) in [6, 6.07) is 5.43. The molecule has 148 valence electrons. The molecule has 0 bridgehead atoms. The van der Waals surface area contributed by atoms with Crippen LogP contribution in [-0.4, -0.2) is 23.3 Å². The third-order valence-corrected chi connectivity index (χ3v) is 3.99. The molecule has 0 fully saturated rings. The number of amides is 1. The van der Waals surface area contributed by atoms with Crippen LogP contribution in [0.15, 0.2) is 30.5 Å². The highest BCUT2D eigenvalue weighted by Gasteiger charge is 2.32. The van der Waals surface area contributed by atoms with E-state index in [9.17, 15) is 28.3 Å². The number of hydrogen-bond donors (Lipinski definition) is 1. The first-order chi connectivity index (χ1) is 12.9. The molecule has 2 aromatic rings. The van der Waals surface area contributed by atoms with Crippen LogP contribution in [0.3, 0.4) is 0 Å². The third kappa shape index (κ3) is 4.01. The zero-order chi connectivity index (χ0) is 21.3. The number of carbonyl (C=O) groups is 1. The molecule has 0 aliphatic heterocycles. The van der Waals surface area contributed by atoms with Crippen molar-refractivity contribution in [2.24, 2.45) is 0 Å². The van der Waals surface area contributed by atoms with E-state index in [0.29, 0.717) is 10.5 Å². The van der Waals surface area contributed by atoms with Gasteiger partial charge in [0.25, 0.3) is 0 Å². The van der Waals surface area contributed by atoms with Crippen LogP contribution in [0.2, 0.25) is 0 Å². The molecule has 0 radical (unpaired) electrons. The van der Waals surface area contributed by atoms with Gasteiger partial charge in [0.1, 0.15) is 17.4 Å². The van der Waals surface area contributed by atoms with Gasteiger partial charge < -0.3 is 9.84 Å². The Morgan fingerprint density at radius 2 is 1.79 bits per heavy atom. The number of benzene rings is 1. The summed E-state index contributed by atoms with van der Waals surface area (Å²) in [5.41, 5.74) is -0.985. The van der Waals surface area contributed by atoms with E-state index in [1.807, 2.05) is 26.8 Å². The molecule has 0 aliphatic rings. The largest absolute Gasteiger partial charge is 0.495 e. The van der Waals surface area contributed by atoms with Crippen molar-refractivity contribution in [2.45, 2.75) is 32.4 Å². The number of hydrogen-bond acceptors (Lipinski definition) is 4. The van der Waals surface area contributed by atoms with Crippen molar-refractivity contribution >= 4 is 17.6 Å². The molecule has 28 heavy (non-hydrogen) atoms. The van der Waals surface area contributed by atoms with Crippen LogP contribution < -0.4 is 9.64 Å². The highest BCUT2D eigenvalue weighted by Crippen LogP contribution is 2.39. The molecule has 9 heteroatoms. The van der Waals surface area contributed by atoms with Crippen LogP contribution in [0.5, 0.6) is 5.75 Å². The number of carboxylic acid groups (broad SMARTS) is 1. The maximum absolute atomic E-state index is 12.8. The van der Waals surface area contributed by atoms with Crippen LogP contribution in [0.25, 0.3) is 0 Å². The van der Waals surface area contributed by atoms with Gasteiger partial charge in [0.15, 0.2) is 5.82 Å². The first-order valence-corrected chi connectivity index (χ1v) is 8.09. The number of halogens is 3. The normalized spacial score (nSPS) is 11.6. The summed E-state index contributed by atoms with van der Waals surface area (Å²) in [7, 11) is 1.35. The standard InChI is InChI=1S/C19H18F3N3O3/c1-18(2,3)14-10-24-16(13(9-23)15(14)28-4)25(17(26)27)12-7-5-11(6-8-12)19(20,21)22/h5-8,10H,1-4H3,(H,26,27). The quantitative estimate of drug-likeness (QED) is 0.785. The lowest BCUT2D eigenvalue weighted by Crippen LogP contribution is -2.26. The van der Waals surface area contributed by atoms with Crippen LogP contribution in [0, 0.1) is 11.3 Å². The molecule has 2 rings (SSSR count). The Morgan fingerprint density at radius 3 is 2.18 bits per heavy atom. The van der Waals surface area contributed by atoms with Gasteiger partial charge in [0.05, 0.1) is 18.4 Å². The van der Waals surface area contributed by atoms with E-state index >= 15 is 0 Å². The molecule has 1 N–H and O–H groups in total. The minimum absolute atomic E-state index is 0.0879.